The minimum atomic E-state index is 0.162. The standard InChI is InChI=1S/C12H11Cl2N3O/c1-17(8-3-5-9(18-2)6-4-8)11-10(13)7-15-12(14)16-11/h3-7H,1-2H3. The van der Waals surface area contributed by atoms with Gasteiger partial charge in [0.05, 0.1) is 13.3 Å². The molecular formula is C12H11Cl2N3O. The number of methoxy groups -OCH3 is 1. The maximum atomic E-state index is 6.05. The van der Waals surface area contributed by atoms with Crippen molar-refractivity contribution in [3.05, 3.63) is 40.8 Å². The average molecular weight is 284 g/mol. The molecule has 0 amide bonds. The first-order valence-corrected chi connectivity index (χ1v) is 5.93. The summed E-state index contributed by atoms with van der Waals surface area (Å²) in [6, 6.07) is 7.54. The van der Waals surface area contributed by atoms with Crippen molar-refractivity contribution in [2.75, 3.05) is 19.1 Å². The molecule has 94 valence electrons. The molecule has 0 radical (unpaired) electrons. The molecule has 18 heavy (non-hydrogen) atoms. The van der Waals surface area contributed by atoms with Crippen LogP contribution in [0, 0.1) is 0 Å². The normalized spacial score (nSPS) is 10.2. The molecule has 0 unspecified atom stereocenters. The van der Waals surface area contributed by atoms with Crippen LogP contribution in [-0.2, 0) is 0 Å². The number of halogens is 2. The van der Waals surface area contributed by atoms with Crippen LogP contribution in [0.1, 0.15) is 0 Å². The summed E-state index contributed by atoms with van der Waals surface area (Å²) in [5, 5.41) is 0.604. The van der Waals surface area contributed by atoms with Crippen LogP contribution < -0.4 is 9.64 Å². The van der Waals surface area contributed by atoms with Crippen LogP contribution in [0.15, 0.2) is 30.5 Å². The van der Waals surface area contributed by atoms with Crippen molar-refractivity contribution in [2.24, 2.45) is 0 Å². The predicted octanol–water partition coefficient (Wildman–Crippen LogP) is 3.56. The first-order valence-electron chi connectivity index (χ1n) is 5.17. The van der Waals surface area contributed by atoms with Crippen molar-refractivity contribution in [1.29, 1.82) is 0 Å². The third-order valence-corrected chi connectivity index (χ3v) is 2.92. The fourth-order valence-electron chi connectivity index (χ4n) is 1.50. The second kappa shape index (κ2) is 5.42. The van der Waals surface area contributed by atoms with Gasteiger partial charge in [0.2, 0.25) is 5.28 Å². The molecule has 1 aromatic carbocycles. The lowest BCUT2D eigenvalue weighted by molar-refractivity contribution is 0.415. The fraction of sp³-hybridized carbons (Fsp3) is 0.167. The fourth-order valence-corrected chi connectivity index (χ4v) is 1.85. The van der Waals surface area contributed by atoms with Crippen LogP contribution in [0.4, 0.5) is 11.5 Å². The molecule has 6 heteroatoms. The molecule has 0 fully saturated rings. The van der Waals surface area contributed by atoms with Crippen LogP contribution >= 0.6 is 23.2 Å². The molecule has 0 spiro atoms. The molecule has 2 rings (SSSR count). The molecule has 4 nitrogen and oxygen atoms in total. The maximum Gasteiger partial charge on any atom is 0.224 e. The van der Waals surface area contributed by atoms with E-state index < -0.39 is 0 Å². The van der Waals surface area contributed by atoms with Gasteiger partial charge < -0.3 is 9.64 Å². The van der Waals surface area contributed by atoms with E-state index in [2.05, 4.69) is 9.97 Å². The van der Waals surface area contributed by atoms with Crippen molar-refractivity contribution in [1.82, 2.24) is 9.97 Å². The zero-order valence-corrected chi connectivity index (χ0v) is 11.4. The molecule has 1 aromatic heterocycles. The summed E-state index contributed by atoms with van der Waals surface area (Å²) in [6.07, 6.45) is 1.48. The predicted molar refractivity (Wildman–Crippen MR) is 73.1 cm³/mol. The van der Waals surface area contributed by atoms with E-state index in [1.165, 1.54) is 6.20 Å². The molecule has 0 saturated heterocycles. The monoisotopic (exact) mass is 283 g/mol. The number of ether oxygens (including phenoxy) is 1. The zero-order valence-electron chi connectivity index (χ0n) is 9.89. The maximum absolute atomic E-state index is 6.05. The molecule has 2 aromatic rings. The summed E-state index contributed by atoms with van der Waals surface area (Å²) in [6.45, 7) is 0. The largest absolute Gasteiger partial charge is 0.497 e. The van der Waals surface area contributed by atoms with Crippen LogP contribution in [-0.4, -0.2) is 24.1 Å². The van der Waals surface area contributed by atoms with Crippen molar-refractivity contribution in [2.45, 2.75) is 0 Å². The van der Waals surface area contributed by atoms with Gasteiger partial charge in [-0.3, -0.25) is 0 Å². The summed E-state index contributed by atoms with van der Waals surface area (Å²) in [4.78, 5) is 9.76. The number of rotatable bonds is 3. The number of hydrogen-bond acceptors (Lipinski definition) is 4. The lowest BCUT2D eigenvalue weighted by atomic mass is 10.3. The summed E-state index contributed by atoms with van der Waals surface area (Å²) >= 11 is 11.8. The Bertz CT molecular complexity index is 546. The number of anilines is 2. The Labute approximate surface area is 115 Å². The van der Waals surface area contributed by atoms with E-state index in [1.807, 2.05) is 36.2 Å². The molecule has 1 heterocycles. The minimum Gasteiger partial charge on any atom is -0.497 e. The van der Waals surface area contributed by atoms with Crippen LogP contribution in [0.3, 0.4) is 0 Å². The van der Waals surface area contributed by atoms with Crippen molar-refractivity contribution in [3.8, 4) is 5.75 Å². The number of nitrogens with zero attached hydrogens (tertiary/aromatic N) is 3. The van der Waals surface area contributed by atoms with Gasteiger partial charge >= 0.3 is 0 Å². The van der Waals surface area contributed by atoms with E-state index in [0.717, 1.165) is 11.4 Å². The van der Waals surface area contributed by atoms with Crippen LogP contribution in [0.5, 0.6) is 5.75 Å². The Kier molecular flexibility index (Phi) is 3.89. The van der Waals surface area contributed by atoms with E-state index in [0.29, 0.717) is 10.8 Å². The van der Waals surface area contributed by atoms with Gasteiger partial charge in [0.25, 0.3) is 0 Å². The zero-order chi connectivity index (χ0) is 13.1. The SMILES string of the molecule is COc1ccc(N(C)c2nc(Cl)ncc2Cl)cc1. The van der Waals surface area contributed by atoms with E-state index in [9.17, 15) is 0 Å². The van der Waals surface area contributed by atoms with Gasteiger partial charge in [-0.2, -0.15) is 4.98 Å². The van der Waals surface area contributed by atoms with Gasteiger partial charge in [-0.15, -0.1) is 0 Å². The van der Waals surface area contributed by atoms with Gasteiger partial charge in [0, 0.05) is 12.7 Å². The Morgan fingerprint density at radius 3 is 2.44 bits per heavy atom. The van der Waals surface area contributed by atoms with Gasteiger partial charge in [0.1, 0.15) is 10.8 Å². The number of benzene rings is 1. The Balaban J connectivity index is 2.34. The van der Waals surface area contributed by atoms with E-state index in [4.69, 9.17) is 27.9 Å². The summed E-state index contributed by atoms with van der Waals surface area (Å²) < 4.78 is 5.11. The van der Waals surface area contributed by atoms with Crippen molar-refractivity contribution in [3.63, 3.8) is 0 Å². The van der Waals surface area contributed by atoms with Gasteiger partial charge in [-0.05, 0) is 35.9 Å². The van der Waals surface area contributed by atoms with Gasteiger partial charge in [0.15, 0.2) is 5.82 Å². The molecule has 0 atom stereocenters. The Morgan fingerprint density at radius 1 is 1.17 bits per heavy atom. The minimum absolute atomic E-state index is 0.162. The topological polar surface area (TPSA) is 38.2 Å². The van der Waals surface area contributed by atoms with E-state index in [-0.39, 0.29) is 5.28 Å². The molecule has 0 N–H and O–H groups in total. The van der Waals surface area contributed by atoms with Crippen molar-refractivity contribution < 1.29 is 4.74 Å². The number of aromatic nitrogens is 2. The van der Waals surface area contributed by atoms with Crippen LogP contribution in [0.2, 0.25) is 10.3 Å². The summed E-state index contributed by atoms with van der Waals surface area (Å²) in [5.74, 6) is 1.35. The highest BCUT2D eigenvalue weighted by molar-refractivity contribution is 6.33. The first-order chi connectivity index (χ1) is 8.61. The average Bonchev–Trinajstić information content (AvgIpc) is 2.41. The quantitative estimate of drug-likeness (QED) is 0.808. The third kappa shape index (κ3) is 2.66. The molecule has 0 bridgehead atoms. The Hall–Kier alpha value is -1.52. The highest BCUT2D eigenvalue weighted by atomic mass is 35.5. The Morgan fingerprint density at radius 2 is 1.83 bits per heavy atom. The highest BCUT2D eigenvalue weighted by Crippen LogP contribution is 2.29. The number of hydrogen-bond donors (Lipinski definition) is 0. The van der Waals surface area contributed by atoms with E-state index in [1.54, 1.807) is 7.11 Å². The molecule has 0 aliphatic heterocycles. The third-order valence-electron chi connectivity index (χ3n) is 2.47. The molecule has 0 aliphatic rings. The van der Waals surface area contributed by atoms with Gasteiger partial charge in [-0.1, -0.05) is 11.6 Å². The molecule has 0 saturated carbocycles. The smallest absolute Gasteiger partial charge is 0.224 e. The second-order valence-electron chi connectivity index (χ2n) is 3.57. The summed E-state index contributed by atoms with van der Waals surface area (Å²) in [5.41, 5.74) is 0.924. The lowest BCUT2D eigenvalue weighted by Gasteiger charge is -2.19. The second-order valence-corrected chi connectivity index (χ2v) is 4.31. The van der Waals surface area contributed by atoms with Crippen molar-refractivity contribution >= 4 is 34.7 Å². The highest BCUT2D eigenvalue weighted by Gasteiger charge is 2.11. The lowest BCUT2D eigenvalue weighted by Crippen LogP contribution is -2.12. The molecular weight excluding hydrogens is 273 g/mol. The van der Waals surface area contributed by atoms with Gasteiger partial charge in [-0.25, -0.2) is 4.98 Å². The summed E-state index contributed by atoms with van der Waals surface area (Å²) in [7, 11) is 3.48. The van der Waals surface area contributed by atoms with E-state index >= 15 is 0 Å². The first kappa shape index (κ1) is 12.9. The van der Waals surface area contributed by atoms with Crippen LogP contribution in [0.25, 0.3) is 0 Å². The molecule has 0 aliphatic carbocycles.